The molecule has 3 aromatic rings. The van der Waals surface area contributed by atoms with Gasteiger partial charge in [-0.15, -0.1) is 0 Å². The lowest BCUT2D eigenvalue weighted by Gasteiger charge is -2.37. The molecule has 178 valence electrons. The lowest BCUT2D eigenvalue weighted by Crippen LogP contribution is -2.39. The molecule has 0 saturated carbocycles. The van der Waals surface area contributed by atoms with Gasteiger partial charge in [-0.3, -0.25) is 9.69 Å². The quantitative estimate of drug-likeness (QED) is 0.450. The Balaban J connectivity index is 1.64. The smallest absolute Gasteiger partial charge is 0.416 e. The van der Waals surface area contributed by atoms with E-state index in [1.807, 2.05) is 54.6 Å². The van der Waals surface area contributed by atoms with Crippen LogP contribution in [0.5, 0.6) is 5.75 Å². The maximum Gasteiger partial charge on any atom is 0.416 e. The zero-order chi connectivity index (χ0) is 24.1. The van der Waals surface area contributed by atoms with Gasteiger partial charge in [-0.2, -0.15) is 13.2 Å². The van der Waals surface area contributed by atoms with E-state index in [0.717, 1.165) is 17.2 Å². The number of rotatable bonds is 7. The summed E-state index contributed by atoms with van der Waals surface area (Å²) in [4.78, 5) is 13.5. The monoisotopic (exact) mass is 469 g/mol. The molecule has 1 atom stereocenters. The minimum atomic E-state index is -4.45. The first kappa shape index (κ1) is 23.8. The third kappa shape index (κ3) is 5.78. The number of halogens is 3. The highest BCUT2D eigenvalue weighted by Crippen LogP contribution is 2.37. The van der Waals surface area contributed by atoms with Crippen molar-refractivity contribution in [3.63, 3.8) is 0 Å². The number of benzene rings is 3. The van der Waals surface area contributed by atoms with Crippen molar-refractivity contribution in [2.24, 2.45) is 5.92 Å². The predicted molar refractivity (Wildman–Crippen MR) is 122 cm³/mol. The summed E-state index contributed by atoms with van der Waals surface area (Å²) in [6.07, 6.45) is -3.54. The number of carboxylic acids is 1. The van der Waals surface area contributed by atoms with E-state index >= 15 is 0 Å². The standard InChI is InChI=1S/C27H26F3NO3/c28-27(29,30)23-10-4-8-21(16-23)25(31-14-12-20(13-15-31)26(32)33)22-9-5-11-24(17-22)34-18-19-6-2-1-3-7-19/h1-11,16-17,20,25H,12-15,18H2,(H,32,33). The van der Waals surface area contributed by atoms with Crippen LogP contribution in [-0.2, 0) is 17.6 Å². The lowest BCUT2D eigenvalue weighted by molar-refractivity contribution is -0.143. The SMILES string of the molecule is O=C(O)C1CCN(C(c2cccc(OCc3ccccc3)c2)c2cccc(C(F)(F)F)c2)CC1. The van der Waals surface area contributed by atoms with Crippen LogP contribution in [0.4, 0.5) is 13.2 Å². The molecule has 0 bridgehead atoms. The molecular formula is C27H26F3NO3. The predicted octanol–water partition coefficient (Wildman–Crippen LogP) is 6.17. The fourth-order valence-electron chi connectivity index (χ4n) is 4.42. The van der Waals surface area contributed by atoms with E-state index in [9.17, 15) is 23.1 Å². The Hall–Kier alpha value is -3.32. The van der Waals surface area contributed by atoms with E-state index in [-0.39, 0.29) is 0 Å². The Kier molecular flexibility index (Phi) is 7.22. The number of hydrogen-bond acceptors (Lipinski definition) is 3. The summed E-state index contributed by atoms with van der Waals surface area (Å²) in [5.41, 5.74) is 1.63. The minimum Gasteiger partial charge on any atom is -0.489 e. The number of alkyl halides is 3. The molecule has 4 rings (SSSR count). The molecule has 7 heteroatoms. The molecule has 0 radical (unpaired) electrons. The Labute approximate surface area is 196 Å². The molecule has 3 aromatic carbocycles. The van der Waals surface area contributed by atoms with Crippen LogP contribution in [0, 0.1) is 5.92 Å². The number of aliphatic carboxylic acids is 1. The molecule has 1 unspecified atom stereocenters. The summed E-state index contributed by atoms with van der Waals surface area (Å²) < 4.78 is 46.3. The van der Waals surface area contributed by atoms with Crippen LogP contribution in [0.2, 0.25) is 0 Å². The number of piperidine rings is 1. The van der Waals surface area contributed by atoms with Gasteiger partial charge < -0.3 is 9.84 Å². The Morgan fingerprint density at radius 2 is 1.59 bits per heavy atom. The van der Waals surface area contributed by atoms with Crippen LogP contribution in [0.3, 0.4) is 0 Å². The first-order valence-electron chi connectivity index (χ1n) is 11.2. The van der Waals surface area contributed by atoms with E-state index in [4.69, 9.17) is 4.74 Å². The van der Waals surface area contributed by atoms with Crippen molar-refractivity contribution in [2.75, 3.05) is 13.1 Å². The number of nitrogens with zero attached hydrogens (tertiary/aromatic N) is 1. The molecule has 1 heterocycles. The lowest BCUT2D eigenvalue weighted by atomic mass is 9.90. The van der Waals surface area contributed by atoms with Gasteiger partial charge in [0.2, 0.25) is 0 Å². The van der Waals surface area contributed by atoms with Crippen LogP contribution >= 0.6 is 0 Å². The van der Waals surface area contributed by atoms with Crippen LogP contribution in [-0.4, -0.2) is 29.1 Å². The van der Waals surface area contributed by atoms with Crippen molar-refractivity contribution in [1.29, 1.82) is 0 Å². The van der Waals surface area contributed by atoms with Crippen LogP contribution in [0.15, 0.2) is 78.9 Å². The van der Waals surface area contributed by atoms with Gasteiger partial charge in [0.25, 0.3) is 0 Å². The Bertz CT molecular complexity index is 1110. The number of carbonyl (C=O) groups is 1. The fraction of sp³-hybridized carbons (Fsp3) is 0.296. The number of ether oxygens (including phenoxy) is 1. The summed E-state index contributed by atoms with van der Waals surface area (Å²) in [5, 5.41) is 9.35. The topological polar surface area (TPSA) is 49.8 Å². The molecule has 0 spiro atoms. The van der Waals surface area contributed by atoms with Crippen LogP contribution < -0.4 is 4.74 Å². The zero-order valence-electron chi connectivity index (χ0n) is 18.5. The molecule has 1 aliphatic rings. The molecule has 0 aliphatic carbocycles. The van der Waals surface area contributed by atoms with Crippen molar-refractivity contribution in [3.8, 4) is 5.75 Å². The number of carboxylic acid groups (broad SMARTS) is 1. The number of hydrogen-bond donors (Lipinski definition) is 1. The van der Waals surface area contributed by atoms with Crippen molar-refractivity contribution in [1.82, 2.24) is 4.90 Å². The largest absolute Gasteiger partial charge is 0.489 e. The zero-order valence-corrected chi connectivity index (χ0v) is 18.5. The van der Waals surface area contributed by atoms with Crippen molar-refractivity contribution < 1.29 is 27.8 Å². The van der Waals surface area contributed by atoms with E-state index in [2.05, 4.69) is 4.90 Å². The van der Waals surface area contributed by atoms with Crippen LogP contribution in [0.1, 0.15) is 41.1 Å². The summed E-state index contributed by atoms with van der Waals surface area (Å²) in [7, 11) is 0. The first-order valence-corrected chi connectivity index (χ1v) is 11.2. The van der Waals surface area contributed by atoms with E-state index in [1.165, 1.54) is 12.1 Å². The molecule has 4 nitrogen and oxygen atoms in total. The van der Waals surface area contributed by atoms with Crippen LogP contribution in [0.25, 0.3) is 0 Å². The molecule has 1 saturated heterocycles. The molecule has 0 aromatic heterocycles. The van der Waals surface area contributed by atoms with Gasteiger partial charge in [-0.05, 0) is 66.9 Å². The van der Waals surface area contributed by atoms with Gasteiger partial charge in [-0.1, -0.05) is 54.6 Å². The highest BCUT2D eigenvalue weighted by atomic mass is 19.4. The summed E-state index contributed by atoms with van der Waals surface area (Å²) >= 11 is 0. The Morgan fingerprint density at radius 1 is 0.941 bits per heavy atom. The highest BCUT2D eigenvalue weighted by Gasteiger charge is 2.34. The Morgan fingerprint density at radius 3 is 2.24 bits per heavy atom. The third-order valence-electron chi connectivity index (χ3n) is 6.20. The molecule has 1 fully saturated rings. The second-order valence-corrected chi connectivity index (χ2v) is 8.52. The van der Waals surface area contributed by atoms with E-state index < -0.39 is 29.7 Å². The summed E-state index contributed by atoms with van der Waals surface area (Å²) in [6, 6.07) is 22.0. The van der Waals surface area contributed by atoms with Gasteiger partial charge in [0, 0.05) is 0 Å². The molecule has 1 N–H and O–H groups in total. The van der Waals surface area contributed by atoms with Crippen molar-refractivity contribution in [2.45, 2.75) is 31.7 Å². The van der Waals surface area contributed by atoms with Gasteiger partial charge in [-0.25, -0.2) is 0 Å². The van der Waals surface area contributed by atoms with E-state index in [1.54, 1.807) is 6.07 Å². The second kappa shape index (κ2) is 10.3. The van der Waals surface area contributed by atoms with E-state index in [0.29, 0.717) is 43.9 Å². The average Bonchev–Trinajstić information content (AvgIpc) is 2.84. The van der Waals surface area contributed by atoms with Gasteiger partial charge in [0.15, 0.2) is 0 Å². The minimum absolute atomic E-state index is 0.378. The second-order valence-electron chi connectivity index (χ2n) is 8.52. The van der Waals surface area contributed by atoms with Gasteiger partial charge in [0.05, 0.1) is 17.5 Å². The van der Waals surface area contributed by atoms with Gasteiger partial charge in [0.1, 0.15) is 12.4 Å². The third-order valence-corrected chi connectivity index (χ3v) is 6.20. The maximum atomic E-state index is 13.4. The fourth-order valence-corrected chi connectivity index (χ4v) is 4.42. The average molecular weight is 470 g/mol. The number of likely N-dealkylation sites (tertiary alicyclic amines) is 1. The molecule has 0 amide bonds. The van der Waals surface area contributed by atoms with Gasteiger partial charge >= 0.3 is 12.1 Å². The summed E-state index contributed by atoms with van der Waals surface area (Å²) in [5.74, 6) is -0.635. The summed E-state index contributed by atoms with van der Waals surface area (Å²) in [6.45, 7) is 1.34. The normalized spacial score (nSPS) is 16.2. The molecule has 34 heavy (non-hydrogen) atoms. The molecule has 1 aliphatic heterocycles. The van der Waals surface area contributed by atoms with Crippen molar-refractivity contribution >= 4 is 5.97 Å². The molecular weight excluding hydrogens is 443 g/mol. The maximum absolute atomic E-state index is 13.4. The first-order chi connectivity index (χ1) is 16.3. The van der Waals surface area contributed by atoms with Crippen molar-refractivity contribution in [3.05, 3.63) is 101 Å². The highest BCUT2D eigenvalue weighted by molar-refractivity contribution is 5.70.